The molecular weight excluding hydrogens is 238 g/mol. The Hall–Kier alpha value is 0.300. The summed E-state index contributed by atoms with van der Waals surface area (Å²) in [6.45, 7) is 4.06. The van der Waals surface area contributed by atoms with Crippen molar-refractivity contribution in [2.75, 3.05) is 6.61 Å². The molecule has 3 nitrogen and oxygen atoms in total. The maximum atomic E-state index is 10.1. The van der Waals surface area contributed by atoms with Crippen molar-refractivity contribution in [3.63, 3.8) is 0 Å². The number of alkyl halides is 3. The van der Waals surface area contributed by atoms with Crippen LogP contribution < -0.4 is 0 Å². The molecule has 6 heteroatoms. The number of rotatable bonds is 3. The summed E-state index contributed by atoms with van der Waals surface area (Å²) in [6, 6.07) is 0. The van der Waals surface area contributed by atoms with E-state index in [1.165, 1.54) is 6.92 Å². The number of ether oxygens (including phenoxy) is 1. The van der Waals surface area contributed by atoms with Crippen molar-refractivity contribution < 1.29 is 15.0 Å². The average Bonchev–Trinajstić information content (AvgIpc) is 1.86. The Morgan fingerprint density at radius 1 is 1.38 bits per heavy atom. The summed E-state index contributed by atoms with van der Waals surface area (Å²) in [7, 11) is 0. The van der Waals surface area contributed by atoms with Gasteiger partial charge >= 0.3 is 5.97 Å². The van der Waals surface area contributed by atoms with Crippen LogP contribution in [0.5, 0.6) is 0 Å². The molecule has 2 N–H and O–H groups in total. The summed E-state index contributed by atoms with van der Waals surface area (Å²) < 4.78 is 3.89. The molecule has 0 unspecified atom stereocenters. The molecule has 0 aliphatic rings. The first-order valence-electron chi connectivity index (χ1n) is 3.56. The second-order valence-corrected chi connectivity index (χ2v) is 3.92. The third-order valence-corrected chi connectivity index (χ3v) is 0.803. The van der Waals surface area contributed by atoms with Gasteiger partial charge in [-0.05, 0) is 6.42 Å². The van der Waals surface area contributed by atoms with E-state index in [9.17, 15) is 4.79 Å². The fourth-order valence-electron chi connectivity index (χ4n) is 0.360. The van der Waals surface area contributed by atoms with Gasteiger partial charge in [-0.25, -0.2) is 0 Å². The number of unbranched alkanes of at least 4 members (excludes halogenated alkanes) is 1. The van der Waals surface area contributed by atoms with Crippen LogP contribution >= 0.6 is 34.8 Å². The van der Waals surface area contributed by atoms with Crippen LogP contribution in [0.1, 0.15) is 26.7 Å². The highest BCUT2D eigenvalue weighted by Crippen LogP contribution is 2.03. The molecule has 0 amide bonds. The Kier molecular flexibility index (Phi) is 21.6. The number of carbonyl (C=O) groups excluding carboxylic acids is 1. The van der Waals surface area contributed by atoms with Crippen LogP contribution in [-0.2, 0) is 9.53 Å². The average molecular weight is 254 g/mol. The Labute approximate surface area is 93.6 Å². The monoisotopic (exact) mass is 252 g/mol. The molecule has 0 radical (unpaired) electrons. The molecule has 0 spiro atoms. The molecule has 0 atom stereocenters. The van der Waals surface area contributed by atoms with Crippen molar-refractivity contribution in [2.24, 2.45) is 0 Å². The van der Waals surface area contributed by atoms with E-state index in [1.807, 2.05) is 0 Å². The quantitative estimate of drug-likeness (QED) is 0.441. The highest BCUT2D eigenvalue weighted by molar-refractivity contribution is 6.63. The number of carbonyl (C=O) groups is 1. The minimum Gasteiger partial charge on any atom is -0.466 e. The SMILES string of the molecule is CCCCOC(C)=O.ClC(Cl)Cl.O. The van der Waals surface area contributed by atoms with E-state index in [-0.39, 0.29) is 11.4 Å². The molecule has 0 aromatic rings. The van der Waals surface area contributed by atoms with Crippen LogP contribution in [0.4, 0.5) is 0 Å². The molecule has 0 aromatic carbocycles. The van der Waals surface area contributed by atoms with E-state index in [2.05, 4.69) is 11.7 Å². The Morgan fingerprint density at radius 3 is 2.00 bits per heavy atom. The van der Waals surface area contributed by atoms with Crippen molar-refractivity contribution in [2.45, 2.75) is 31.0 Å². The fourth-order valence-corrected chi connectivity index (χ4v) is 0.360. The standard InChI is InChI=1S/C6H12O2.CHCl3.H2O/c1-3-4-5-8-6(2)7;2-1(3)4;/h3-5H2,1-2H3;1H;1H2. The highest BCUT2D eigenvalue weighted by atomic mass is 35.6. The summed E-state index contributed by atoms with van der Waals surface area (Å²) in [5.74, 6) is -0.182. The third-order valence-electron chi connectivity index (χ3n) is 0.803. The lowest BCUT2D eigenvalue weighted by atomic mass is 10.4. The first-order chi connectivity index (χ1) is 5.50. The van der Waals surface area contributed by atoms with E-state index in [0.717, 1.165) is 12.8 Å². The summed E-state index contributed by atoms with van der Waals surface area (Å²) in [5, 5.41) is 0. The molecular formula is C7H15Cl3O3. The summed E-state index contributed by atoms with van der Waals surface area (Å²) in [6.07, 6.45) is 2.05. The first kappa shape index (κ1) is 19.0. The van der Waals surface area contributed by atoms with Crippen LogP contribution in [-0.4, -0.2) is 22.3 Å². The number of esters is 1. The lowest BCUT2D eigenvalue weighted by Gasteiger charge is -1.96. The molecule has 0 aromatic heterocycles. The zero-order chi connectivity index (χ0) is 9.98. The predicted octanol–water partition coefficient (Wildman–Crippen LogP) is 2.51. The van der Waals surface area contributed by atoms with Gasteiger partial charge in [0.1, 0.15) is 0 Å². The molecule has 0 saturated heterocycles. The maximum absolute atomic E-state index is 10.1. The van der Waals surface area contributed by atoms with Crippen LogP contribution in [0.3, 0.4) is 0 Å². The number of hydrogen-bond donors (Lipinski definition) is 0. The zero-order valence-electron chi connectivity index (χ0n) is 7.65. The molecule has 0 bridgehead atoms. The molecule has 0 fully saturated rings. The normalized spacial score (nSPS) is 8.15. The van der Waals surface area contributed by atoms with E-state index >= 15 is 0 Å². The molecule has 0 saturated carbocycles. The van der Waals surface area contributed by atoms with Crippen molar-refractivity contribution in [3.8, 4) is 0 Å². The smallest absolute Gasteiger partial charge is 0.302 e. The van der Waals surface area contributed by atoms with Crippen molar-refractivity contribution in [1.29, 1.82) is 0 Å². The van der Waals surface area contributed by atoms with Crippen molar-refractivity contribution >= 4 is 40.8 Å². The summed E-state index contributed by atoms with van der Waals surface area (Å²) in [5.41, 5.74) is 0. The van der Waals surface area contributed by atoms with Crippen molar-refractivity contribution in [3.05, 3.63) is 0 Å². The third kappa shape index (κ3) is 46.5. The van der Waals surface area contributed by atoms with Crippen molar-refractivity contribution in [1.82, 2.24) is 0 Å². The van der Waals surface area contributed by atoms with E-state index in [4.69, 9.17) is 34.8 Å². The first-order valence-corrected chi connectivity index (χ1v) is 4.87. The van der Waals surface area contributed by atoms with Crippen LogP contribution in [0.25, 0.3) is 0 Å². The van der Waals surface area contributed by atoms with Gasteiger partial charge in [0.15, 0.2) is 4.30 Å². The van der Waals surface area contributed by atoms with E-state index in [0.29, 0.717) is 6.61 Å². The second-order valence-electron chi connectivity index (χ2n) is 1.94. The Morgan fingerprint density at radius 2 is 1.77 bits per heavy atom. The lowest BCUT2D eigenvalue weighted by Crippen LogP contribution is -1.99. The van der Waals surface area contributed by atoms with Gasteiger partial charge in [-0.3, -0.25) is 4.79 Å². The van der Waals surface area contributed by atoms with Crippen LogP contribution in [0, 0.1) is 0 Å². The molecule has 82 valence electrons. The molecule has 0 rings (SSSR count). The van der Waals surface area contributed by atoms with Gasteiger partial charge in [0.25, 0.3) is 0 Å². The second kappa shape index (κ2) is 14.8. The number of halogens is 3. The fraction of sp³-hybridized carbons (Fsp3) is 0.857. The maximum Gasteiger partial charge on any atom is 0.302 e. The van der Waals surface area contributed by atoms with Crippen LogP contribution in [0.2, 0.25) is 0 Å². The van der Waals surface area contributed by atoms with Gasteiger partial charge in [0.05, 0.1) is 6.61 Å². The molecule has 0 heterocycles. The van der Waals surface area contributed by atoms with E-state index in [1.54, 1.807) is 0 Å². The molecule has 0 aliphatic heterocycles. The van der Waals surface area contributed by atoms with Gasteiger partial charge in [-0.1, -0.05) is 48.1 Å². The zero-order valence-corrected chi connectivity index (χ0v) is 9.92. The Balaban J connectivity index is -0.000000173. The summed E-state index contributed by atoms with van der Waals surface area (Å²) >= 11 is 14.4. The van der Waals surface area contributed by atoms with Gasteiger partial charge < -0.3 is 10.2 Å². The highest BCUT2D eigenvalue weighted by Gasteiger charge is 1.88. The van der Waals surface area contributed by atoms with E-state index < -0.39 is 4.30 Å². The van der Waals surface area contributed by atoms with Gasteiger partial charge in [-0.15, -0.1) is 0 Å². The number of hydrogen-bond acceptors (Lipinski definition) is 2. The minimum atomic E-state index is -0.750. The predicted molar refractivity (Wildman–Crippen MR) is 56.5 cm³/mol. The van der Waals surface area contributed by atoms with Gasteiger partial charge in [0.2, 0.25) is 0 Å². The lowest BCUT2D eigenvalue weighted by molar-refractivity contribution is -0.141. The van der Waals surface area contributed by atoms with Gasteiger partial charge in [-0.2, -0.15) is 0 Å². The minimum absolute atomic E-state index is 0. The molecule has 0 aliphatic carbocycles. The van der Waals surface area contributed by atoms with Gasteiger partial charge in [0, 0.05) is 6.92 Å². The Bertz CT molecular complexity index is 106. The molecule has 13 heavy (non-hydrogen) atoms. The largest absolute Gasteiger partial charge is 0.466 e. The van der Waals surface area contributed by atoms with Crippen LogP contribution in [0.15, 0.2) is 0 Å². The topological polar surface area (TPSA) is 57.8 Å². The summed E-state index contributed by atoms with van der Waals surface area (Å²) in [4.78, 5) is 10.1.